The number of rotatable bonds is 6. The molecule has 0 saturated carbocycles. The number of primary amides is 1. The first-order valence-corrected chi connectivity index (χ1v) is 11.1. The van der Waals surface area contributed by atoms with Crippen molar-refractivity contribution in [1.29, 1.82) is 0 Å². The van der Waals surface area contributed by atoms with Crippen molar-refractivity contribution in [3.8, 4) is 17.0 Å². The highest BCUT2D eigenvalue weighted by Crippen LogP contribution is 2.32. The fourth-order valence-corrected chi connectivity index (χ4v) is 4.39. The van der Waals surface area contributed by atoms with Gasteiger partial charge >= 0.3 is 0 Å². The fraction of sp³-hybridized carbons (Fsp3) is 0.346. The lowest BCUT2D eigenvalue weighted by Gasteiger charge is -2.34. The van der Waals surface area contributed by atoms with Gasteiger partial charge in [-0.15, -0.1) is 0 Å². The molecular formula is C26H30N4O3. The number of carbonyl (C=O) groups is 1. The van der Waals surface area contributed by atoms with Crippen molar-refractivity contribution < 1.29 is 14.3 Å². The van der Waals surface area contributed by atoms with Gasteiger partial charge in [-0.3, -0.25) is 19.7 Å². The number of morpholine rings is 1. The Morgan fingerprint density at radius 2 is 1.88 bits per heavy atom. The van der Waals surface area contributed by atoms with E-state index in [1.165, 1.54) is 22.3 Å². The van der Waals surface area contributed by atoms with Gasteiger partial charge in [0, 0.05) is 43.2 Å². The average Bonchev–Trinajstić information content (AvgIpc) is 2.84. The van der Waals surface area contributed by atoms with Crippen LogP contribution in [0.1, 0.15) is 44.4 Å². The number of hydrogen-bond acceptors (Lipinski definition) is 6. The van der Waals surface area contributed by atoms with E-state index in [0.717, 1.165) is 42.3 Å². The van der Waals surface area contributed by atoms with E-state index in [-0.39, 0.29) is 6.10 Å². The third-order valence-electron chi connectivity index (χ3n) is 6.43. The minimum absolute atomic E-state index is 0.196. The van der Waals surface area contributed by atoms with Gasteiger partial charge in [0.2, 0.25) is 5.91 Å². The monoisotopic (exact) mass is 446 g/mol. The van der Waals surface area contributed by atoms with Gasteiger partial charge in [-0.1, -0.05) is 12.1 Å². The molecule has 1 aliphatic rings. The molecule has 1 aliphatic heterocycles. The predicted octanol–water partition coefficient (Wildman–Crippen LogP) is 3.75. The second-order valence-electron chi connectivity index (χ2n) is 8.45. The molecule has 3 aromatic rings. The summed E-state index contributed by atoms with van der Waals surface area (Å²) >= 11 is 0. The summed E-state index contributed by atoms with van der Waals surface area (Å²) in [5.74, 6) is 0.478. The summed E-state index contributed by atoms with van der Waals surface area (Å²) in [6.45, 7) is 9.43. The lowest BCUT2D eigenvalue weighted by atomic mass is 9.96. The zero-order chi connectivity index (χ0) is 23.5. The van der Waals surface area contributed by atoms with Crippen LogP contribution >= 0.6 is 0 Å². The third kappa shape index (κ3) is 4.74. The highest BCUT2D eigenvalue weighted by molar-refractivity contribution is 5.93. The van der Waals surface area contributed by atoms with E-state index in [9.17, 15) is 4.79 Å². The maximum absolute atomic E-state index is 11.4. The van der Waals surface area contributed by atoms with E-state index in [1.807, 2.05) is 12.1 Å². The van der Waals surface area contributed by atoms with E-state index in [2.05, 4.69) is 41.7 Å². The Morgan fingerprint density at radius 1 is 1.15 bits per heavy atom. The molecule has 0 aliphatic carbocycles. The Labute approximate surface area is 194 Å². The SMILES string of the molecule is COc1cc(C)c(CN2CCO[C@H](c3nccnc3-c3ccc(C(N)=O)cc3)C2)c(C)c1C. The molecule has 7 nitrogen and oxygen atoms in total. The van der Waals surface area contributed by atoms with Crippen molar-refractivity contribution in [3.63, 3.8) is 0 Å². The third-order valence-corrected chi connectivity index (χ3v) is 6.43. The molecule has 1 aromatic heterocycles. The van der Waals surface area contributed by atoms with E-state index in [4.69, 9.17) is 15.2 Å². The van der Waals surface area contributed by atoms with Crippen LogP contribution in [0.5, 0.6) is 5.75 Å². The maximum Gasteiger partial charge on any atom is 0.248 e. The van der Waals surface area contributed by atoms with Gasteiger partial charge < -0.3 is 15.2 Å². The number of aryl methyl sites for hydroxylation is 1. The quantitative estimate of drug-likeness (QED) is 0.620. The van der Waals surface area contributed by atoms with Gasteiger partial charge in [-0.2, -0.15) is 0 Å². The van der Waals surface area contributed by atoms with Crippen molar-refractivity contribution in [2.75, 3.05) is 26.8 Å². The van der Waals surface area contributed by atoms with Gasteiger partial charge in [0.1, 0.15) is 11.9 Å². The number of nitrogens with two attached hydrogens (primary N) is 1. The van der Waals surface area contributed by atoms with E-state index >= 15 is 0 Å². The molecule has 33 heavy (non-hydrogen) atoms. The minimum Gasteiger partial charge on any atom is -0.496 e. The van der Waals surface area contributed by atoms with E-state index < -0.39 is 5.91 Å². The highest BCUT2D eigenvalue weighted by atomic mass is 16.5. The molecule has 0 radical (unpaired) electrons. The standard InChI is InChI=1S/C26H30N4O3/c1-16-13-22(32-4)18(3)17(2)21(16)14-30-11-12-33-23(15-30)25-24(28-9-10-29-25)19-5-7-20(8-6-19)26(27)31/h5-10,13,23H,11-12,14-15H2,1-4H3,(H2,27,31)/t23-/m0/s1. The first-order valence-electron chi connectivity index (χ1n) is 11.1. The molecule has 2 N–H and O–H groups in total. The smallest absolute Gasteiger partial charge is 0.248 e. The summed E-state index contributed by atoms with van der Waals surface area (Å²) in [6, 6.07) is 9.23. The molecule has 1 saturated heterocycles. The van der Waals surface area contributed by atoms with Crippen LogP contribution in [0.15, 0.2) is 42.7 Å². The van der Waals surface area contributed by atoms with Crippen LogP contribution in [0.3, 0.4) is 0 Å². The number of benzene rings is 2. The lowest BCUT2D eigenvalue weighted by molar-refractivity contribution is -0.0349. The summed E-state index contributed by atoms with van der Waals surface area (Å²) in [6.07, 6.45) is 3.17. The molecule has 172 valence electrons. The Kier molecular flexibility index (Phi) is 6.72. The molecule has 0 spiro atoms. The second-order valence-corrected chi connectivity index (χ2v) is 8.45. The van der Waals surface area contributed by atoms with Crippen molar-refractivity contribution in [1.82, 2.24) is 14.9 Å². The number of aromatic nitrogens is 2. The average molecular weight is 447 g/mol. The molecule has 4 rings (SSSR count). The molecule has 7 heteroatoms. The first kappa shape index (κ1) is 22.9. The largest absolute Gasteiger partial charge is 0.496 e. The zero-order valence-corrected chi connectivity index (χ0v) is 19.6. The van der Waals surface area contributed by atoms with Crippen molar-refractivity contribution in [3.05, 3.63) is 76.2 Å². The van der Waals surface area contributed by atoms with Gasteiger partial charge in [-0.25, -0.2) is 0 Å². The van der Waals surface area contributed by atoms with Crippen LogP contribution in [-0.4, -0.2) is 47.6 Å². The summed E-state index contributed by atoms with van der Waals surface area (Å²) in [5, 5.41) is 0. The van der Waals surface area contributed by atoms with Crippen LogP contribution in [0.4, 0.5) is 0 Å². The number of hydrogen-bond donors (Lipinski definition) is 1. The number of ether oxygens (including phenoxy) is 2. The maximum atomic E-state index is 11.4. The zero-order valence-electron chi connectivity index (χ0n) is 19.6. The normalized spacial score (nSPS) is 16.5. The summed E-state index contributed by atoms with van der Waals surface area (Å²) in [5.41, 5.74) is 13.3. The van der Waals surface area contributed by atoms with Gasteiger partial charge in [-0.05, 0) is 61.2 Å². The first-order chi connectivity index (χ1) is 15.9. The number of methoxy groups -OCH3 is 1. The van der Waals surface area contributed by atoms with Crippen LogP contribution in [0, 0.1) is 20.8 Å². The van der Waals surface area contributed by atoms with Crippen molar-refractivity contribution in [2.24, 2.45) is 5.73 Å². The van der Waals surface area contributed by atoms with Gasteiger partial charge in [0.25, 0.3) is 0 Å². The Balaban J connectivity index is 1.58. The number of carbonyl (C=O) groups excluding carboxylic acids is 1. The number of amides is 1. The number of nitrogens with zero attached hydrogens (tertiary/aromatic N) is 3. The minimum atomic E-state index is -0.452. The fourth-order valence-electron chi connectivity index (χ4n) is 4.39. The molecule has 1 fully saturated rings. The molecule has 1 atom stereocenters. The van der Waals surface area contributed by atoms with Gasteiger partial charge in [0.15, 0.2) is 0 Å². The lowest BCUT2D eigenvalue weighted by Crippen LogP contribution is -2.38. The van der Waals surface area contributed by atoms with Crippen molar-refractivity contribution >= 4 is 5.91 Å². The molecule has 2 aromatic carbocycles. The Bertz CT molecular complexity index is 1160. The summed E-state index contributed by atoms with van der Waals surface area (Å²) in [4.78, 5) is 23.0. The van der Waals surface area contributed by atoms with E-state index in [1.54, 1.807) is 31.6 Å². The Morgan fingerprint density at radius 3 is 2.58 bits per heavy atom. The van der Waals surface area contributed by atoms with E-state index in [0.29, 0.717) is 12.2 Å². The summed E-state index contributed by atoms with van der Waals surface area (Å²) < 4.78 is 11.7. The molecule has 0 unspecified atom stereocenters. The van der Waals surface area contributed by atoms with Crippen LogP contribution < -0.4 is 10.5 Å². The highest BCUT2D eigenvalue weighted by Gasteiger charge is 2.27. The van der Waals surface area contributed by atoms with Crippen LogP contribution in [0.25, 0.3) is 11.3 Å². The summed E-state index contributed by atoms with van der Waals surface area (Å²) in [7, 11) is 1.72. The molecular weight excluding hydrogens is 416 g/mol. The predicted molar refractivity (Wildman–Crippen MR) is 127 cm³/mol. The molecule has 0 bridgehead atoms. The van der Waals surface area contributed by atoms with Crippen LogP contribution in [-0.2, 0) is 11.3 Å². The second kappa shape index (κ2) is 9.68. The topological polar surface area (TPSA) is 90.6 Å². The molecule has 2 heterocycles. The van der Waals surface area contributed by atoms with Crippen LogP contribution in [0.2, 0.25) is 0 Å². The van der Waals surface area contributed by atoms with Gasteiger partial charge in [0.05, 0.1) is 25.1 Å². The Hall–Kier alpha value is -3.29. The van der Waals surface area contributed by atoms with Crippen molar-refractivity contribution in [2.45, 2.75) is 33.4 Å². The molecule has 1 amide bonds.